The smallest absolute Gasteiger partial charge is 0.254 e. The van der Waals surface area contributed by atoms with Crippen LogP contribution in [0.15, 0.2) is 24.5 Å². The van der Waals surface area contributed by atoms with Gasteiger partial charge in [0.15, 0.2) is 0 Å². The molecule has 1 saturated carbocycles. The highest BCUT2D eigenvalue weighted by Gasteiger charge is 2.17. The predicted octanol–water partition coefficient (Wildman–Crippen LogP) is 3.21. The minimum atomic E-state index is 0.509. The van der Waals surface area contributed by atoms with Crippen LogP contribution in [0.1, 0.15) is 37.8 Å². The Kier molecular flexibility index (Phi) is 3.52. The zero-order chi connectivity index (χ0) is 15.8. The first-order valence-electron chi connectivity index (χ1n) is 8.33. The van der Waals surface area contributed by atoms with Gasteiger partial charge in [-0.15, -0.1) is 0 Å². The molecule has 0 aliphatic heterocycles. The van der Waals surface area contributed by atoms with Crippen LogP contribution in [0.3, 0.4) is 0 Å². The Balaban J connectivity index is 1.77. The average molecular weight is 310 g/mol. The van der Waals surface area contributed by atoms with Gasteiger partial charge in [0, 0.05) is 25.5 Å². The van der Waals surface area contributed by atoms with Gasteiger partial charge in [0.2, 0.25) is 0 Å². The molecule has 1 aliphatic rings. The first kappa shape index (κ1) is 14.2. The maximum atomic E-state index is 4.76. The molecule has 1 aliphatic carbocycles. The van der Waals surface area contributed by atoms with Crippen LogP contribution >= 0.6 is 0 Å². The molecule has 4 rings (SSSR count). The van der Waals surface area contributed by atoms with Crippen LogP contribution in [-0.2, 0) is 7.05 Å². The van der Waals surface area contributed by atoms with Crippen molar-refractivity contribution in [1.29, 1.82) is 0 Å². The van der Waals surface area contributed by atoms with Gasteiger partial charge in [0.25, 0.3) is 5.95 Å². The van der Waals surface area contributed by atoms with E-state index in [1.807, 2.05) is 37.0 Å². The minimum Gasteiger partial charge on any atom is -0.367 e. The van der Waals surface area contributed by atoms with Gasteiger partial charge in [0.05, 0.1) is 11.1 Å². The molecule has 0 spiro atoms. The molecule has 3 heterocycles. The van der Waals surface area contributed by atoms with Gasteiger partial charge in [-0.05, 0) is 31.9 Å². The first-order valence-corrected chi connectivity index (χ1v) is 8.33. The lowest BCUT2D eigenvalue weighted by atomic mass is 9.95. The second kappa shape index (κ2) is 5.68. The summed E-state index contributed by atoms with van der Waals surface area (Å²) in [6, 6.07) is 4.56. The van der Waals surface area contributed by atoms with Gasteiger partial charge < -0.3 is 9.88 Å². The normalized spacial score (nSPS) is 16.1. The van der Waals surface area contributed by atoms with Gasteiger partial charge in [-0.2, -0.15) is 15.1 Å². The molecular weight excluding hydrogens is 288 g/mol. The van der Waals surface area contributed by atoms with Crippen molar-refractivity contribution in [3.63, 3.8) is 0 Å². The third-order valence-electron chi connectivity index (χ3n) is 4.59. The summed E-state index contributed by atoms with van der Waals surface area (Å²) in [7, 11) is 2.01. The molecule has 0 atom stereocenters. The topological polar surface area (TPSA) is 60.6 Å². The van der Waals surface area contributed by atoms with Crippen LogP contribution in [0, 0.1) is 6.92 Å². The summed E-state index contributed by atoms with van der Waals surface area (Å²) >= 11 is 0. The lowest BCUT2D eigenvalue weighted by Crippen LogP contribution is -2.23. The zero-order valence-corrected chi connectivity index (χ0v) is 13.7. The van der Waals surface area contributed by atoms with Crippen LogP contribution in [0.25, 0.3) is 17.0 Å². The first-order chi connectivity index (χ1) is 11.2. The van der Waals surface area contributed by atoms with E-state index in [-0.39, 0.29) is 0 Å². The molecule has 3 aromatic rings. The molecule has 3 aromatic heterocycles. The molecule has 6 heteroatoms. The lowest BCUT2D eigenvalue weighted by molar-refractivity contribution is 0.462. The Morgan fingerprint density at radius 3 is 2.65 bits per heavy atom. The SMILES string of the molecule is Cc1ccn(-c2nc(NC3CCCCC3)c3ccn(C)c3n2)n1. The van der Waals surface area contributed by atoms with Gasteiger partial charge in [0.1, 0.15) is 11.5 Å². The van der Waals surface area contributed by atoms with Gasteiger partial charge >= 0.3 is 0 Å². The van der Waals surface area contributed by atoms with Gasteiger partial charge in [-0.1, -0.05) is 19.3 Å². The maximum absolute atomic E-state index is 4.76. The third-order valence-corrected chi connectivity index (χ3v) is 4.59. The Morgan fingerprint density at radius 2 is 1.91 bits per heavy atom. The molecule has 23 heavy (non-hydrogen) atoms. The van der Waals surface area contributed by atoms with Gasteiger partial charge in [-0.25, -0.2) is 4.68 Å². The quantitative estimate of drug-likeness (QED) is 0.807. The average Bonchev–Trinajstić information content (AvgIpc) is 3.15. The fourth-order valence-corrected chi connectivity index (χ4v) is 3.30. The summed E-state index contributed by atoms with van der Waals surface area (Å²) in [6.07, 6.45) is 10.3. The molecular formula is C17H22N6. The Labute approximate surface area is 135 Å². The monoisotopic (exact) mass is 310 g/mol. The number of nitrogens with zero attached hydrogens (tertiary/aromatic N) is 5. The van der Waals surface area contributed by atoms with Crippen molar-refractivity contribution in [3.8, 4) is 5.95 Å². The van der Waals surface area contributed by atoms with Crippen molar-refractivity contribution in [1.82, 2.24) is 24.3 Å². The summed E-state index contributed by atoms with van der Waals surface area (Å²) in [5.41, 5.74) is 1.89. The molecule has 0 radical (unpaired) electrons. The molecule has 0 unspecified atom stereocenters. The summed E-state index contributed by atoms with van der Waals surface area (Å²) in [5, 5.41) is 9.17. The van der Waals surface area contributed by atoms with E-state index in [9.17, 15) is 0 Å². The second-order valence-corrected chi connectivity index (χ2v) is 6.42. The van der Waals surface area contributed by atoms with E-state index in [2.05, 4.69) is 21.5 Å². The zero-order valence-electron chi connectivity index (χ0n) is 13.7. The lowest BCUT2D eigenvalue weighted by Gasteiger charge is -2.23. The van der Waals surface area contributed by atoms with E-state index < -0.39 is 0 Å². The molecule has 1 N–H and O–H groups in total. The van der Waals surface area contributed by atoms with E-state index >= 15 is 0 Å². The fraction of sp³-hybridized carbons (Fsp3) is 0.471. The Bertz CT molecular complexity index is 825. The van der Waals surface area contributed by atoms with Gasteiger partial charge in [-0.3, -0.25) is 0 Å². The van der Waals surface area contributed by atoms with E-state index in [4.69, 9.17) is 4.98 Å². The van der Waals surface area contributed by atoms with E-state index in [0.29, 0.717) is 12.0 Å². The third kappa shape index (κ3) is 2.69. The van der Waals surface area contributed by atoms with E-state index in [0.717, 1.165) is 22.5 Å². The number of hydrogen-bond acceptors (Lipinski definition) is 4. The van der Waals surface area contributed by atoms with E-state index in [1.165, 1.54) is 32.1 Å². The minimum absolute atomic E-state index is 0.509. The van der Waals surface area contributed by atoms with Crippen LogP contribution in [0.5, 0.6) is 0 Å². The molecule has 0 aromatic carbocycles. The number of aryl methyl sites for hydroxylation is 2. The summed E-state index contributed by atoms with van der Waals surface area (Å²) in [6.45, 7) is 1.97. The Morgan fingerprint density at radius 1 is 1.09 bits per heavy atom. The summed E-state index contributed by atoms with van der Waals surface area (Å²) < 4.78 is 3.77. The van der Waals surface area contributed by atoms with Crippen molar-refractivity contribution >= 4 is 16.9 Å². The van der Waals surface area contributed by atoms with Crippen LogP contribution in [0.2, 0.25) is 0 Å². The number of nitrogens with one attached hydrogen (secondary N) is 1. The highest BCUT2D eigenvalue weighted by atomic mass is 15.4. The van der Waals surface area contributed by atoms with Crippen molar-refractivity contribution in [3.05, 3.63) is 30.2 Å². The number of rotatable bonds is 3. The number of aromatic nitrogens is 5. The van der Waals surface area contributed by atoms with Crippen molar-refractivity contribution in [2.75, 3.05) is 5.32 Å². The summed E-state index contributed by atoms with van der Waals surface area (Å²) in [4.78, 5) is 9.44. The van der Waals surface area contributed by atoms with Crippen LogP contribution in [0.4, 0.5) is 5.82 Å². The van der Waals surface area contributed by atoms with Crippen LogP contribution in [-0.4, -0.2) is 30.4 Å². The molecule has 1 fully saturated rings. The Hall–Kier alpha value is -2.37. The summed E-state index contributed by atoms with van der Waals surface area (Å²) in [5.74, 6) is 1.54. The number of fused-ring (bicyclic) bond motifs is 1. The van der Waals surface area contributed by atoms with Crippen LogP contribution < -0.4 is 5.32 Å². The second-order valence-electron chi connectivity index (χ2n) is 6.42. The molecule has 6 nitrogen and oxygen atoms in total. The fourth-order valence-electron chi connectivity index (χ4n) is 3.30. The van der Waals surface area contributed by atoms with Crippen molar-refractivity contribution in [2.24, 2.45) is 7.05 Å². The largest absolute Gasteiger partial charge is 0.367 e. The number of hydrogen-bond donors (Lipinski definition) is 1. The predicted molar refractivity (Wildman–Crippen MR) is 90.9 cm³/mol. The molecule has 120 valence electrons. The van der Waals surface area contributed by atoms with Crippen molar-refractivity contribution < 1.29 is 0 Å². The highest BCUT2D eigenvalue weighted by Crippen LogP contribution is 2.26. The molecule has 0 amide bonds. The number of anilines is 1. The molecule has 0 saturated heterocycles. The standard InChI is InChI=1S/C17H22N6/c1-12-8-11-23(21-12)17-19-15(18-13-6-4-3-5-7-13)14-9-10-22(2)16(14)20-17/h8-11,13H,3-7H2,1-2H3,(H,18,19,20). The van der Waals surface area contributed by atoms with E-state index in [1.54, 1.807) is 4.68 Å². The molecule has 0 bridgehead atoms. The van der Waals surface area contributed by atoms with Crippen molar-refractivity contribution in [2.45, 2.75) is 45.1 Å². The highest BCUT2D eigenvalue weighted by molar-refractivity contribution is 5.88. The maximum Gasteiger partial charge on any atom is 0.254 e.